The van der Waals surface area contributed by atoms with Gasteiger partial charge < -0.3 is 0 Å². The molecule has 2 heterocycles. The number of H-pyrrole nitrogens is 1. The maximum Gasteiger partial charge on any atom is 0.170 e. The Kier molecular flexibility index (Phi) is 0.897. The zero-order valence-corrected chi connectivity index (χ0v) is 6.05. The van der Waals surface area contributed by atoms with Crippen molar-refractivity contribution in [3.05, 3.63) is 17.8 Å². The Labute approximate surface area is 60.1 Å². The number of aromatic nitrogens is 3. The molecule has 0 aliphatic rings. The lowest BCUT2D eigenvalue weighted by Gasteiger charge is -2.11. The molecule has 54 valence electrons. The molecule has 0 aliphatic heterocycles. The molecule has 0 saturated carbocycles. The summed E-state index contributed by atoms with van der Waals surface area (Å²) in [5.41, 5.74) is 3.47. The van der Waals surface area contributed by atoms with Crippen LogP contribution in [0.15, 0.2) is 12.3 Å². The predicted octanol–water partition coefficient (Wildman–Crippen LogP) is 1.46. The van der Waals surface area contributed by atoms with Gasteiger partial charge >= 0.3 is 0 Å². The van der Waals surface area contributed by atoms with Gasteiger partial charge in [-0.3, -0.25) is 9.78 Å². The number of aryl methyl sites for hydroxylation is 2. The van der Waals surface area contributed by atoms with Gasteiger partial charge in [0.05, 0.1) is 0 Å². The minimum atomic E-state index is 0. The van der Waals surface area contributed by atoms with Gasteiger partial charge in [0.25, 0.3) is 0 Å². The first-order valence-electron chi connectivity index (χ1n) is 3.25. The summed E-state index contributed by atoms with van der Waals surface area (Å²) in [6, 6.07) is 2.01. The van der Waals surface area contributed by atoms with E-state index in [4.69, 9.17) is 0 Å². The summed E-state index contributed by atoms with van der Waals surface area (Å²) in [5.74, 6) is 0. The Balaban J connectivity index is 0.000000605. The lowest BCUT2D eigenvalue weighted by atomic mass is 10.2. The molecule has 2 aromatic rings. The van der Waals surface area contributed by atoms with Crippen LogP contribution in [-0.4, -0.2) is 14.8 Å². The third-order valence-electron chi connectivity index (χ3n) is 1.74. The van der Waals surface area contributed by atoms with Crippen LogP contribution >= 0.6 is 0 Å². The molecule has 10 heavy (non-hydrogen) atoms. The monoisotopic (exact) mass is 137 g/mol. The van der Waals surface area contributed by atoms with Crippen LogP contribution in [0.5, 0.6) is 0 Å². The molecule has 0 atom stereocenters. The molecular formula is C7H11N3. The van der Waals surface area contributed by atoms with Crippen molar-refractivity contribution in [2.24, 2.45) is 7.05 Å². The molecular weight excluding hydrogens is 126 g/mol. The van der Waals surface area contributed by atoms with Crippen LogP contribution in [0.25, 0.3) is 11.2 Å². The van der Waals surface area contributed by atoms with Crippen LogP contribution in [-0.2, 0) is 7.05 Å². The van der Waals surface area contributed by atoms with Crippen molar-refractivity contribution in [2.75, 3.05) is 0 Å². The molecule has 0 saturated heterocycles. The Morgan fingerprint density at radius 3 is 3.00 bits per heavy atom. The quantitative estimate of drug-likeness (QED) is 0.586. The Morgan fingerprint density at radius 1 is 1.70 bits per heavy atom. The summed E-state index contributed by atoms with van der Waals surface area (Å²) in [5, 5.41) is 3.05. The summed E-state index contributed by atoms with van der Waals surface area (Å²) >= 11 is 0. The third kappa shape index (κ3) is 0.518. The maximum absolute atomic E-state index is 4.12. The average Bonchev–Trinajstić information content (AvgIpc) is 1.85. The van der Waals surface area contributed by atoms with Gasteiger partial charge in [-0.1, -0.05) is 0 Å². The predicted molar refractivity (Wildman–Crippen MR) is 41.9 cm³/mol. The van der Waals surface area contributed by atoms with Crippen LogP contribution in [0.2, 0.25) is 0 Å². The number of hydrogen-bond donors (Lipinski definition) is 1. The summed E-state index contributed by atoms with van der Waals surface area (Å²) in [6.07, 6.45) is 1.81. The Hall–Kier alpha value is -1.25. The van der Waals surface area contributed by atoms with E-state index in [9.17, 15) is 0 Å². The lowest BCUT2D eigenvalue weighted by Crippen LogP contribution is -2.07. The van der Waals surface area contributed by atoms with E-state index in [1.54, 1.807) is 0 Å². The second-order valence-corrected chi connectivity index (χ2v) is 2.50. The van der Waals surface area contributed by atoms with E-state index in [0.717, 1.165) is 5.65 Å². The van der Waals surface area contributed by atoms with E-state index < -0.39 is 0 Å². The molecule has 0 amide bonds. The SMILES string of the molecule is Cc1ccnc2[nH]n(C)c12.[HH]. The van der Waals surface area contributed by atoms with Crippen molar-refractivity contribution < 1.29 is 1.43 Å². The molecule has 2 rings (SSSR count). The molecule has 1 N–H and O–H groups in total. The molecule has 0 spiro atoms. The highest BCUT2D eigenvalue weighted by atomic mass is 15.3. The zero-order chi connectivity index (χ0) is 7.14. The number of pyridine rings is 1. The Morgan fingerprint density at radius 2 is 2.50 bits per heavy atom. The van der Waals surface area contributed by atoms with E-state index in [-0.39, 0.29) is 1.43 Å². The van der Waals surface area contributed by atoms with E-state index in [1.165, 1.54) is 11.1 Å². The van der Waals surface area contributed by atoms with Gasteiger partial charge in [-0.15, -0.1) is 0 Å². The summed E-state index contributed by atoms with van der Waals surface area (Å²) in [4.78, 5) is 4.12. The molecule has 0 aromatic carbocycles. The summed E-state index contributed by atoms with van der Waals surface area (Å²) in [6.45, 7) is 2.08. The molecule has 2 aromatic heterocycles. The van der Waals surface area contributed by atoms with Crippen molar-refractivity contribution in [3.63, 3.8) is 0 Å². The van der Waals surface area contributed by atoms with E-state index >= 15 is 0 Å². The Bertz CT molecular complexity index is 361. The third-order valence-corrected chi connectivity index (χ3v) is 1.74. The zero-order valence-electron chi connectivity index (χ0n) is 6.05. The van der Waals surface area contributed by atoms with Crippen LogP contribution in [0.3, 0.4) is 0 Å². The van der Waals surface area contributed by atoms with Crippen molar-refractivity contribution >= 4 is 11.2 Å². The highest BCUT2D eigenvalue weighted by Gasteiger charge is 2.03. The molecule has 3 heteroatoms. The minimum absolute atomic E-state index is 0. The first kappa shape index (κ1) is 5.53. The minimum Gasteiger partial charge on any atom is -0.286 e. The molecule has 0 bridgehead atoms. The van der Waals surface area contributed by atoms with Gasteiger partial charge in [-0.2, -0.15) is 0 Å². The fourth-order valence-electron chi connectivity index (χ4n) is 1.22. The van der Waals surface area contributed by atoms with E-state index in [1.807, 2.05) is 24.0 Å². The van der Waals surface area contributed by atoms with E-state index in [0.29, 0.717) is 0 Å². The summed E-state index contributed by atoms with van der Waals surface area (Å²) < 4.78 is 1.97. The second-order valence-electron chi connectivity index (χ2n) is 2.50. The molecule has 0 radical (unpaired) electrons. The van der Waals surface area contributed by atoms with Crippen LogP contribution in [0, 0.1) is 6.92 Å². The first-order valence-corrected chi connectivity index (χ1v) is 3.25. The average molecular weight is 137 g/mol. The molecule has 0 fully saturated rings. The number of nitrogens with zero attached hydrogens (tertiary/aromatic N) is 2. The lowest BCUT2D eigenvalue weighted by molar-refractivity contribution is 0.748. The highest BCUT2D eigenvalue weighted by Crippen LogP contribution is 2.13. The fraction of sp³-hybridized carbons (Fsp3) is 0.286. The molecule has 3 nitrogen and oxygen atoms in total. The highest BCUT2D eigenvalue weighted by molar-refractivity contribution is 5.75. The standard InChI is InChI=1S/C7H9N3.H2/c1-5-3-4-8-7-6(5)10(2)9-7;/h3-4H,1-2H3,(H,8,9);1H. The van der Waals surface area contributed by atoms with Crippen molar-refractivity contribution in [1.82, 2.24) is 14.8 Å². The smallest absolute Gasteiger partial charge is 0.170 e. The van der Waals surface area contributed by atoms with Gasteiger partial charge in [0.2, 0.25) is 0 Å². The fourth-order valence-corrected chi connectivity index (χ4v) is 1.22. The number of hydrogen-bond acceptors (Lipinski definition) is 1. The van der Waals surface area contributed by atoms with Crippen LogP contribution in [0.1, 0.15) is 6.99 Å². The molecule has 0 unspecified atom stereocenters. The number of fused-ring (bicyclic) bond motifs is 1. The number of rotatable bonds is 0. The van der Waals surface area contributed by atoms with Gasteiger partial charge in [0.15, 0.2) is 5.65 Å². The molecule has 0 aliphatic carbocycles. The van der Waals surface area contributed by atoms with Gasteiger partial charge in [-0.25, -0.2) is 4.98 Å². The second kappa shape index (κ2) is 1.62. The van der Waals surface area contributed by atoms with Gasteiger partial charge in [0.1, 0.15) is 5.52 Å². The van der Waals surface area contributed by atoms with Crippen molar-refractivity contribution in [2.45, 2.75) is 6.92 Å². The maximum atomic E-state index is 4.12. The van der Waals surface area contributed by atoms with Crippen molar-refractivity contribution in [1.29, 1.82) is 0 Å². The normalized spacial score (nSPS) is 11.0. The summed E-state index contributed by atoms with van der Waals surface area (Å²) in [7, 11) is 1.98. The van der Waals surface area contributed by atoms with Gasteiger partial charge in [0, 0.05) is 14.7 Å². The largest absolute Gasteiger partial charge is 0.286 e. The van der Waals surface area contributed by atoms with Crippen LogP contribution in [0.4, 0.5) is 0 Å². The van der Waals surface area contributed by atoms with Gasteiger partial charge in [-0.05, 0) is 18.6 Å². The topological polar surface area (TPSA) is 33.6 Å². The first-order chi connectivity index (χ1) is 4.79. The van der Waals surface area contributed by atoms with Crippen molar-refractivity contribution in [3.8, 4) is 0 Å². The number of nitrogens with one attached hydrogen (secondary N) is 1. The van der Waals surface area contributed by atoms with Crippen LogP contribution < -0.4 is 0 Å². The number of aromatic amines is 1. The van der Waals surface area contributed by atoms with E-state index in [2.05, 4.69) is 17.0 Å².